The van der Waals surface area contributed by atoms with Crippen LogP contribution < -0.4 is 4.90 Å². The fourth-order valence-electron chi connectivity index (χ4n) is 2.80. The molecular weight excluding hydrogens is 260 g/mol. The number of benzene rings is 1. The fraction of sp³-hybridized carbons (Fsp3) is 0.214. The Balaban J connectivity index is 1.81. The van der Waals surface area contributed by atoms with E-state index in [0.29, 0.717) is 0 Å². The number of aromatic amines is 2. The Kier molecular flexibility index (Phi) is 2.32. The first-order chi connectivity index (χ1) is 9.31. The van der Waals surface area contributed by atoms with Crippen molar-refractivity contribution in [3.63, 3.8) is 0 Å². The molecule has 96 valence electrons. The van der Waals surface area contributed by atoms with Gasteiger partial charge in [0.25, 0.3) is 0 Å². The zero-order chi connectivity index (χ0) is 12.8. The molecule has 1 aliphatic rings. The summed E-state index contributed by atoms with van der Waals surface area (Å²) in [6.45, 7) is 1.85. The Morgan fingerprint density at radius 3 is 3.21 bits per heavy atom. The third-order valence-corrected chi connectivity index (χ3v) is 3.98. The molecule has 0 saturated heterocycles. The van der Waals surface area contributed by atoms with Gasteiger partial charge in [0, 0.05) is 34.4 Å². The molecule has 1 aromatic carbocycles. The van der Waals surface area contributed by atoms with Crippen molar-refractivity contribution in [2.75, 3.05) is 11.4 Å². The van der Waals surface area contributed by atoms with Crippen molar-refractivity contribution in [3.8, 4) is 0 Å². The summed E-state index contributed by atoms with van der Waals surface area (Å²) in [7, 11) is 0. The van der Waals surface area contributed by atoms with Crippen molar-refractivity contribution in [2.45, 2.75) is 13.0 Å². The molecule has 5 heteroatoms. The van der Waals surface area contributed by atoms with Crippen LogP contribution in [0.15, 0.2) is 30.6 Å². The lowest BCUT2D eigenvalue weighted by atomic mass is 10.1. The summed E-state index contributed by atoms with van der Waals surface area (Å²) in [6.07, 6.45) is 4.90. The maximum absolute atomic E-state index is 6.21. The summed E-state index contributed by atoms with van der Waals surface area (Å²) < 4.78 is 0. The molecule has 0 bridgehead atoms. The van der Waals surface area contributed by atoms with Gasteiger partial charge in [-0.05, 0) is 30.2 Å². The number of halogens is 1. The number of anilines is 1. The standard InChI is InChI=1S/C14H13ClN4/c15-10-5-12-11(1-3-16-12)14(6-10)19-4-2-9-7-17-18-13(9)8-19/h1,3,5-7,16H,2,4,8H2,(H,17,18). The number of aromatic nitrogens is 3. The van der Waals surface area contributed by atoms with Crippen LogP contribution in [0, 0.1) is 0 Å². The lowest BCUT2D eigenvalue weighted by Crippen LogP contribution is -2.30. The van der Waals surface area contributed by atoms with Crippen molar-refractivity contribution >= 4 is 28.2 Å². The average molecular weight is 273 g/mol. The molecule has 4 nitrogen and oxygen atoms in total. The van der Waals surface area contributed by atoms with E-state index in [9.17, 15) is 0 Å². The van der Waals surface area contributed by atoms with Crippen LogP contribution in [0.1, 0.15) is 11.3 Å². The zero-order valence-corrected chi connectivity index (χ0v) is 11.0. The molecule has 2 aromatic heterocycles. The van der Waals surface area contributed by atoms with Crippen molar-refractivity contribution < 1.29 is 0 Å². The highest BCUT2D eigenvalue weighted by atomic mass is 35.5. The van der Waals surface area contributed by atoms with Crippen LogP contribution in [0.5, 0.6) is 0 Å². The van der Waals surface area contributed by atoms with Gasteiger partial charge in [-0.15, -0.1) is 0 Å². The van der Waals surface area contributed by atoms with E-state index in [1.165, 1.54) is 22.3 Å². The first kappa shape index (κ1) is 10.9. The molecular formula is C14H13ClN4. The number of fused-ring (bicyclic) bond motifs is 2. The van der Waals surface area contributed by atoms with E-state index in [4.69, 9.17) is 11.6 Å². The van der Waals surface area contributed by atoms with Crippen LogP contribution in [0.2, 0.25) is 5.02 Å². The maximum atomic E-state index is 6.21. The predicted molar refractivity (Wildman–Crippen MR) is 76.7 cm³/mol. The quantitative estimate of drug-likeness (QED) is 0.715. The summed E-state index contributed by atoms with van der Waals surface area (Å²) >= 11 is 6.21. The third kappa shape index (κ3) is 1.71. The molecule has 0 amide bonds. The molecule has 19 heavy (non-hydrogen) atoms. The topological polar surface area (TPSA) is 47.7 Å². The van der Waals surface area contributed by atoms with Crippen LogP contribution in [0.3, 0.4) is 0 Å². The Labute approximate surface area is 115 Å². The van der Waals surface area contributed by atoms with Crippen LogP contribution >= 0.6 is 11.6 Å². The number of nitrogens with one attached hydrogen (secondary N) is 2. The van der Waals surface area contributed by atoms with Crippen molar-refractivity contribution in [1.29, 1.82) is 0 Å². The highest BCUT2D eigenvalue weighted by Gasteiger charge is 2.20. The van der Waals surface area contributed by atoms with Gasteiger partial charge in [-0.3, -0.25) is 5.10 Å². The van der Waals surface area contributed by atoms with E-state index in [-0.39, 0.29) is 0 Å². The Bertz CT molecular complexity index is 743. The van der Waals surface area contributed by atoms with Gasteiger partial charge in [0.15, 0.2) is 0 Å². The van der Waals surface area contributed by atoms with E-state index in [0.717, 1.165) is 30.0 Å². The fourth-order valence-corrected chi connectivity index (χ4v) is 3.01. The number of nitrogens with zero attached hydrogens (tertiary/aromatic N) is 2. The number of rotatable bonds is 1. The molecule has 0 aliphatic carbocycles. The van der Waals surface area contributed by atoms with Gasteiger partial charge < -0.3 is 9.88 Å². The van der Waals surface area contributed by atoms with Crippen LogP contribution in [0.4, 0.5) is 5.69 Å². The SMILES string of the molecule is Clc1cc(N2CCc3cn[nH]c3C2)c2cc[nH]c2c1. The van der Waals surface area contributed by atoms with Crippen molar-refractivity contribution in [3.05, 3.63) is 46.9 Å². The first-order valence-corrected chi connectivity index (χ1v) is 6.72. The monoisotopic (exact) mass is 272 g/mol. The summed E-state index contributed by atoms with van der Waals surface area (Å²) in [5.41, 5.74) is 4.79. The highest BCUT2D eigenvalue weighted by Crippen LogP contribution is 2.32. The van der Waals surface area contributed by atoms with E-state index < -0.39 is 0 Å². The van der Waals surface area contributed by atoms with Gasteiger partial charge in [0.2, 0.25) is 0 Å². The normalized spacial score (nSPS) is 14.9. The molecule has 0 fully saturated rings. The Morgan fingerprint density at radius 2 is 2.26 bits per heavy atom. The number of hydrogen-bond acceptors (Lipinski definition) is 2. The molecule has 0 saturated carbocycles. The minimum absolute atomic E-state index is 0.764. The molecule has 0 radical (unpaired) electrons. The minimum Gasteiger partial charge on any atom is -0.365 e. The zero-order valence-electron chi connectivity index (χ0n) is 10.3. The van der Waals surface area contributed by atoms with Crippen LogP contribution in [-0.2, 0) is 13.0 Å². The number of H-pyrrole nitrogens is 2. The van der Waals surface area contributed by atoms with Gasteiger partial charge in [-0.2, -0.15) is 5.10 Å². The van der Waals surface area contributed by atoms with E-state index >= 15 is 0 Å². The second-order valence-electron chi connectivity index (χ2n) is 4.91. The lowest BCUT2D eigenvalue weighted by Gasteiger charge is -2.29. The molecule has 1 aliphatic heterocycles. The summed E-state index contributed by atoms with van der Waals surface area (Å²) in [5, 5.41) is 9.18. The number of hydrogen-bond donors (Lipinski definition) is 2. The summed E-state index contributed by atoms with van der Waals surface area (Å²) in [5.74, 6) is 0. The first-order valence-electron chi connectivity index (χ1n) is 6.34. The van der Waals surface area contributed by atoms with E-state index in [1.54, 1.807) is 0 Å². The van der Waals surface area contributed by atoms with Gasteiger partial charge in [0.05, 0.1) is 18.4 Å². The van der Waals surface area contributed by atoms with Crippen LogP contribution in [-0.4, -0.2) is 21.7 Å². The minimum atomic E-state index is 0.764. The Morgan fingerprint density at radius 1 is 1.32 bits per heavy atom. The summed E-state index contributed by atoms with van der Waals surface area (Å²) in [4.78, 5) is 5.57. The molecule has 0 unspecified atom stereocenters. The Hall–Kier alpha value is -1.94. The second-order valence-corrected chi connectivity index (χ2v) is 5.35. The van der Waals surface area contributed by atoms with Gasteiger partial charge in [-0.25, -0.2) is 0 Å². The lowest BCUT2D eigenvalue weighted by molar-refractivity contribution is 0.720. The highest BCUT2D eigenvalue weighted by molar-refractivity contribution is 6.31. The second kappa shape index (κ2) is 4.03. The smallest absolute Gasteiger partial charge is 0.0599 e. The molecule has 3 aromatic rings. The van der Waals surface area contributed by atoms with Crippen molar-refractivity contribution in [2.24, 2.45) is 0 Å². The van der Waals surface area contributed by atoms with Crippen molar-refractivity contribution in [1.82, 2.24) is 15.2 Å². The molecule has 0 atom stereocenters. The average Bonchev–Trinajstić information content (AvgIpc) is 3.04. The molecule has 3 heterocycles. The predicted octanol–water partition coefficient (Wildman–Crippen LogP) is 3.11. The van der Waals surface area contributed by atoms with Gasteiger partial charge in [-0.1, -0.05) is 11.6 Å². The maximum Gasteiger partial charge on any atom is 0.0599 e. The molecule has 0 spiro atoms. The molecule has 2 N–H and O–H groups in total. The van der Waals surface area contributed by atoms with E-state index in [2.05, 4.69) is 26.1 Å². The summed E-state index contributed by atoms with van der Waals surface area (Å²) in [6, 6.07) is 6.11. The van der Waals surface area contributed by atoms with Crippen LogP contribution in [0.25, 0.3) is 10.9 Å². The third-order valence-electron chi connectivity index (χ3n) is 3.76. The van der Waals surface area contributed by atoms with Gasteiger partial charge >= 0.3 is 0 Å². The largest absolute Gasteiger partial charge is 0.365 e. The van der Waals surface area contributed by atoms with Gasteiger partial charge in [0.1, 0.15) is 0 Å². The molecule has 4 rings (SSSR count). The van der Waals surface area contributed by atoms with E-state index in [1.807, 2.05) is 24.5 Å².